The second-order valence-corrected chi connectivity index (χ2v) is 7.09. The minimum Gasteiger partial charge on any atom is -0.392 e. The maximum atomic E-state index is 12.2. The van der Waals surface area contributed by atoms with Crippen molar-refractivity contribution in [1.82, 2.24) is 4.72 Å². The Hall–Kier alpha value is -0.910. The molecule has 2 unspecified atom stereocenters. The quantitative estimate of drug-likeness (QED) is 0.867. The van der Waals surface area contributed by atoms with Gasteiger partial charge in [-0.2, -0.15) is 0 Å². The van der Waals surface area contributed by atoms with Crippen molar-refractivity contribution in [3.8, 4) is 0 Å². The summed E-state index contributed by atoms with van der Waals surface area (Å²) in [4.78, 5) is 0.227. The molecule has 5 heteroatoms. The number of nitrogens with one attached hydrogen (secondary N) is 1. The molecule has 2 rings (SSSR count). The number of sulfonamides is 1. The summed E-state index contributed by atoms with van der Waals surface area (Å²) in [7, 11) is -3.46. The lowest BCUT2D eigenvalue weighted by Gasteiger charge is -2.16. The molecule has 0 bridgehead atoms. The number of benzene rings is 1. The molecule has 1 aliphatic rings. The second kappa shape index (κ2) is 6.03. The number of rotatable bonds is 5. The number of hydrogen-bond donors (Lipinski definition) is 2. The van der Waals surface area contributed by atoms with Crippen LogP contribution in [-0.2, 0) is 16.6 Å². The van der Waals surface area contributed by atoms with Gasteiger partial charge in [0.25, 0.3) is 0 Å². The third-order valence-corrected chi connectivity index (χ3v) is 5.39. The van der Waals surface area contributed by atoms with Crippen LogP contribution in [0.5, 0.6) is 0 Å². The van der Waals surface area contributed by atoms with E-state index in [0.717, 1.165) is 6.42 Å². The molecule has 0 aromatic heterocycles. The fourth-order valence-corrected chi connectivity index (χ4v) is 3.80. The van der Waals surface area contributed by atoms with Crippen LogP contribution in [0.1, 0.15) is 31.7 Å². The Morgan fingerprint density at radius 2 is 2.16 bits per heavy atom. The van der Waals surface area contributed by atoms with Gasteiger partial charge >= 0.3 is 0 Å². The summed E-state index contributed by atoms with van der Waals surface area (Å²) in [5.41, 5.74) is 0.608. The largest absolute Gasteiger partial charge is 0.392 e. The van der Waals surface area contributed by atoms with Gasteiger partial charge in [0.15, 0.2) is 0 Å². The second-order valence-electron chi connectivity index (χ2n) is 5.33. The van der Waals surface area contributed by atoms with Gasteiger partial charge in [-0.25, -0.2) is 13.1 Å². The van der Waals surface area contributed by atoms with Crippen molar-refractivity contribution in [2.24, 2.45) is 11.8 Å². The molecule has 0 saturated heterocycles. The lowest BCUT2D eigenvalue weighted by Crippen LogP contribution is -2.30. The van der Waals surface area contributed by atoms with Gasteiger partial charge in [0, 0.05) is 6.54 Å². The molecule has 1 aliphatic carbocycles. The first-order valence-electron chi connectivity index (χ1n) is 6.72. The monoisotopic (exact) mass is 283 g/mol. The molecule has 0 aliphatic heterocycles. The first-order valence-corrected chi connectivity index (χ1v) is 8.20. The molecule has 2 atom stereocenters. The molecule has 2 N–H and O–H groups in total. The maximum Gasteiger partial charge on any atom is 0.240 e. The Kier molecular flexibility index (Phi) is 4.60. The fraction of sp³-hybridized carbons (Fsp3) is 0.571. The van der Waals surface area contributed by atoms with Crippen LogP contribution in [0.4, 0.5) is 0 Å². The van der Waals surface area contributed by atoms with Gasteiger partial charge in [0.05, 0.1) is 11.5 Å². The average Bonchev–Trinajstić information content (AvgIpc) is 2.82. The van der Waals surface area contributed by atoms with E-state index in [9.17, 15) is 8.42 Å². The third kappa shape index (κ3) is 3.55. The highest BCUT2D eigenvalue weighted by atomic mass is 32.2. The molecular weight excluding hydrogens is 262 g/mol. The molecule has 19 heavy (non-hydrogen) atoms. The van der Waals surface area contributed by atoms with Crippen molar-refractivity contribution in [3.63, 3.8) is 0 Å². The lowest BCUT2D eigenvalue weighted by atomic mass is 9.99. The molecule has 1 saturated carbocycles. The van der Waals surface area contributed by atoms with Crippen molar-refractivity contribution in [3.05, 3.63) is 29.8 Å². The van der Waals surface area contributed by atoms with Gasteiger partial charge < -0.3 is 5.11 Å². The average molecular weight is 283 g/mol. The smallest absolute Gasteiger partial charge is 0.240 e. The molecule has 0 spiro atoms. The van der Waals surface area contributed by atoms with E-state index in [-0.39, 0.29) is 11.5 Å². The Labute approximate surface area is 114 Å². The van der Waals surface area contributed by atoms with Crippen molar-refractivity contribution in [2.75, 3.05) is 6.54 Å². The van der Waals surface area contributed by atoms with Crippen LogP contribution in [0, 0.1) is 11.8 Å². The minimum atomic E-state index is -3.46. The fourth-order valence-electron chi connectivity index (χ4n) is 2.64. The van der Waals surface area contributed by atoms with Gasteiger partial charge in [-0.05, 0) is 36.0 Å². The predicted molar refractivity (Wildman–Crippen MR) is 74.1 cm³/mol. The van der Waals surface area contributed by atoms with Crippen LogP contribution >= 0.6 is 0 Å². The molecular formula is C14H21NO3S. The van der Waals surface area contributed by atoms with Crippen LogP contribution in [0.25, 0.3) is 0 Å². The van der Waals surface area contributed by atoms with E-state index >= 15 is 0 Å². The van der Waals surface area contributed by atoms with Gasteiger partial charge in [0.2, 0.25) is 10.0 Å². The summed E-state index contributed by atoms with van der Waals surface area (Å²) >= 11 is 0. The molecule has 4 nitrogen and oxygen atoms in total. The van der Waals surface area contributed by atoms with E-state index in [0.29, 0.717) is 23.9 Å². The Morgan fingerprint density at radius 1 is 1.37 bits per heavy atom. The maximum absolute atomic E-state index is 12.2. The van der Waals surface area contributed by atoms with Crippen molar-refractivity contribution < 1.29 is 13.5 Å². The SMILES string of the molecule is CC1CCCC1CNS(=O)(=O)c1cccc(CO)c1. The Balaban J connectivity index is 2.05. The number of aliphatic hydroxyl groups excluding tert-OH is 1. The topological polar surface area (TPSA) is 66.4 Å². The standard InChI is InChI=1S/C14H21NO3S/c1-11-4-2-6-13(11)9-15-19(17,18)14-7-3-5-12(8-14)10-16/h3,5,7-8,11,13,15-16H,2,4,6,9-10H2,1H3. The molecule has 106 valence electrons. The Bertz CT molecular complexity index is 527. The molecule has 0 heterocycles. The zero-order chi connectivity index (χ0) is 13.9. The molecule has 1 aromatic rings. The first kappa shape index (κ1) is 14.5. The first-order chi connectivity index (χ1) is 9.03. The summed E-state index contributed by atoms with van der Waals surface area (Å²) in [6, 6.07) is 6.43. The normalized spacial score (nSPS) is 23.7. The van der Waals surface area contributed by atoms with Crippen LogP contribution in [0.3, 0.4) is 0 Å². The van der Waals surface area contributed by atoms with E-state index < -0.39 is 10.0 Å². The Morgan fingerprint density at radius 3 is 2.79 bits per heavy atom. The summed E-state index contributed by atoms with van der Waals surface area (Å²) in [5, 5.41) is 9.05. The van der Waals surface area contributed by atoms with Crippen LogP contribution in [0.15, 0.2) is 29.2 Å². The summed E-state index contributed by atoms with van der Waals surface area (Å²) in [5.74, 6) is 1.03. The molecule has 1 fully saturated rings. The summed E-state index contributed by atoms with van der Waals surface area (Å²) in [6.07, 6.45) is 3.47. The van der Waals surface area contributed by atoms with E-state index in [4.69, 9.17) is 5.11 Å². The van der Waals surface area contributed by atoms with Gasteiger partial charge in [-0.1, -0.05) is 31.9 Å². The van der Waals surface area contributed by atoms with Crippen LogP contribution < -0.4 is 4.72 Å². The third-order valence-electron chi connectivity index (χ3n) is 3.97. The number of aliphatic hydroxyl groups is 1. The van der Waals surface area contributed by atoms with Gasteiger partial charge in [-0.3, -0.25) is 0 Å². The van der Waals surface area contributed by atoms with Crippen molar-refractivity contribution >= 4 is 10.0 Å². The van der Waals surface area contributed by atoms with Gasteiger partial charge in [0.1, 0.15) is 0 Å². The van der Waals surface area contributed by atoms with E-state index in [1.165, 1.54) is 18.9 Å². The van der Waals surface area contributed by atoms with Crippen LogP contribution in [0.2, 0.25) is 0 Å². The molecule has 1 aromatic carbocycles. The molecule has 0 radical (unpaired) electrons. The zero-order valence-electron chi connectivity index (χ0n) is 11.2. The van der Waals surface area contributed by atoms with Gasteiger partial charge in [-0.15, -0.1) is 0 Å². The summed E-state index contributed by atoms with van der Waals surface area (Å²) in [6.45, 7) is 2.54. The van der Waals surface area contributed by atoms with E-state index in [1.807, 2.05) is 0 Å². The lowest BCUT2D eigenvalue weighted by molar-refractivity contribution is 0.281. The highest BCUT2D eigenvalue weighted by Gasteiger charge is 2.25. The summed E-state index contributed by atoms with van der Waals surface area (Å²) < 4.78 is 27.0. The molecule has 0 amide bonds. The minimum absolute atomic E-state index is 0.150. The van der Waals surface area contributed by atoms with Crippen LogP contribution in [-0.4, -0.2) is 20.1 Å². The van der Waals surface area contributed by atoms with Crippen molar-refractivity contribution in [1.29, 1.82) is 0 Å². The van der Waals surface area contributed by atoms with E-state index in [1.54, 1.807) is 18.2 Å². The van der Waals surface area contributed by atoms with Crippen molar-refractivity contribution in [2.45, 2.75) is 37.7 Å². The highest BCUT2D eigenvalue weighted by molar-refractivity contribution is 7.89. The van der Waals surface area contributed by atoms with E-state index in [2.05, 4.69) is 11.6 Å². The highest BCUT2D eigenvalue weighted by Crippen LogP contribution is 2.30. The zero-order valence-corrected chi connectivity index (χ0v) is 12.0. The predicted octanol–water partition coefficient (Wildman–Crippen LogP) is 1.89. The number of hydrogen-bond acceptors (Lipinski definition) is 3.